The van der Waals surface area contributed by atoms with Crippen molar-refractivity contribution >= 4 is 29.4 Å². The zero-order valence-corrected chi connectivity index (χ0v) is 24.8. The highest BCUT2D eigenvalue weighted by Gasteiger charge is 2.42. The molecule has 3 atom stereocenters. The Kier molecular flexibility index (Phi) is 9.84. The Labute approximate surface area is 258 Å². The predicted molar refractivity (Wildman–Crippen MR) is 156 cm³/mol. The molecule has 45 heavy (non-hydrogen) atoms. The molecule has 13 nitrogen and oxygen atoms in total. The van der Waals surface area contributed by atoms with E-state index < -0.39 is 51.2 Å². The van der Waals surface area contributed by atoms with Crippen LogP contribution >= 0.6 is 11.8 Å². The molecule has 1 fully saturated rings. The molecule has 1 saturated heterocycles. The molecule has 2 heterocycles. The first kappa shape index (κ1) is 33.4. The average Bonchev–Trinajstić information content (AvgIpc) is 3.34. The van der Waals surface area contributed by atoms with Gasteiger partial charge in [0.25, 0.3) is 10.8 Å². The van der Waals surface area contributed by atoms with Gasteiger partial charge in [-0.05, 0) is 59.3 Å². The fraction of sp³-hybridized carbons (Fsp3) is 0.357. The van der Waals surface area contributed by atoms with Crippen molar-refractivity contribution in [1.29, 1.82) is 0 Å². The third-order valence-corrected chi connectivity index (χ3v) is 8.23. The van der Waals surface area contributed by atoms with Crippen LogP contribution in [0.1, 0.15) is 31.0 Å². The zero-order valence-electron chi connectivity index (χ0n) is 24.0. The summed E-state index contributed by atoms with van der Waals surface area (Å²) in [6.45, 7) is 2.90. The van der Waals surface area contributed by atoms with Crippen LogP contribution in [0.25, 0.3) is 0 Å². The molecule has 0 saturated carbocycles. The molecule has 1 aliphatic heterocycles. The number of amides is 1. The quantitative estimate of drug-likeness (QED) is 0.160. The summed E-state index contributed by atoms with van der Waals surface area (Å²) in [7, 11) is 0. The number of aliphatic hydroxyl groups is 1. The molecule has 0 aliphatic carbocycles. The van der Waals surface area contributed by atoms with Gasteiger partial charge in [-0.15, -0.1) is 0 Å². The first-order valence-electron chi connectivity index (χ1n) is 13.5. The molecule has 2 N–H and O–H groups in total. The van der Waals surface area contributed by atoms with Gasteiger partial charge in [-0.2, -0.15) is 13.2 Å². The van der Waals surface area contributed by atoms with Crippen LogP contribution in [0.3, 0.4) is 0 Å². The van der Waals surface area contributed by atoms with Crippen molar-refractivity contribution in [3.8, 4) is 0 Å². The Morgan fingerprint density at radius 3 is 2.33 bits per heavy atom. The van der Waals surface area contributed by atoms with Crippen molar-refractivity contribution in [3.63, 3.8) is 0 Å². The number of para-hydroxylation sites is 1. The van der Waals surface area contributed by atoms with Crippen LogP contribution in [0.15, 0.2) is 76.9 Å². The van der Waals surface area contributed by atoms with E-state index in [9.17, 15) is 48.4 Å². The highest BCUT2D eigenvalue weighted by Crippen LogP contribution is 2.38. The average molecular weight is 651 g/mol. The Hall–Kier alpha value is -4.48. The maximum Gasteiger partial charge on any atom is 0.416 e. The van der Waals surface area contributed by atoms with Gasteiger partial charge in [0.15, 0.2) is 0 Å². The molecule has 2 aromatic carbocycles. The van der Waals surface area contributed by atoms with E-state index >= 15 is 0 Å². The minimum absolute atomic E-state index is 0.0121. The second-order valence-corrected chi connectivity index (χ2v) is 11.6. The molecular weight excluding hydrogens is 621 g/mol. The van der Waals surface area contributed by atoms with Crippen LogP contribution in [0, 0.1) is 20.2 Å². The lowest BCUT2D eigenvalue weighted by molar-refractivity contribution is -0.389. The van der Waals surface area contributed by atoms with Crippen molar-refractivity contribution in [1.82, 2.24) is 19.4 Å². The normalized spacial score (nSPS) is 19.0. The number of nitrogens with zero attached hydrogens (tertiary/aromatic N) is 6. The zero-order chi connectivity index (χ0) is 33.1. The van der Waals surface area contributed by atoms with Gasteiger partial charge in [-0.25, -0.2) is 4.79 Å². The second kappa shape index (κ2) is 13.3. The van der Waals surface area contributed by atoms with Crippen LogP contribution < -0.4 is 0 Å². The van der Waals surface area contributed by atoms with Crippen LogP contribution in [-0.2, 0) is 12.7 Å². The van der Waals surface area contributed by atoms with E-state index in [0.29, 0.717) is 5.56 Å². The number of imidazole rings is 1. The summed E-state index contributed by atoms with van der Waals surface area (Å²) in [6, 6.07) is 8.54. The first-order valence-corrected chi connectivity index (χ1v) is 14.3. The SMILES string of the molecule is CC=CC1C(c2ccc(C(F)(F)F)cc2)N(CC(C)(O)Cn2cc([N+](=O)[O-])nc2Sc2ccccc2[N+](=O)[O-])CCN1C(=O)O. The molecule has 1 aliphatic rings. The summed E-state index contributed by atoms with van der Waals surface area (Å²) in [4.78, 5) is 41.0. The van der Waals surface area contributed by atoms with Crippen molar-refractivity contribution in [3.05, 3.63) is 98.2 Å². The number of β-amino-alcohol motifs (C(OH)–C–C–N with tert-alkyl or cyclic N) is 1. The van der Waals surface area contributed by atoms with Crippen LogP contribution in [0.2, 0.25) is 0 Å². The molecular formula is C28H29F3N6O7S. The van der Waals surface area contributed by atoms with E-state index in [1.807, 2.05) is 0 Å². The van der Waals surface area contributed by atoms with Gasteiger partial charge in [-0.3, -0.25) is 24.5 Å². The van der Waals surface area contributed by atoms with Crippen molar-refractivity contribution in [2.45, 2.75) is 54.3 Å². The Morgan fingerprint density at radius 2 is 1.76 bits per heavy atom. The van der Waals surface area contributed by atoms with Crippen molar-refractivity contribution in [2.75, 3.05) is 19.6 Å². The van der Waals surface area contributed by atoms with Gasteiger partial charge in [0, 0.05) is 25.7 Å². The number of benzene rings is 2. The molecule has 3 unspecified atom stereocenters. The monoisotopic (exact) mass is 650 g/mol. The lowest BCUT2D eigenvalue weighted by Gasteiger charge is -2.47. The smallest absolute Gasteiger partial charge is 0.416 e. The number of halogens is 3. The number of nitro groups is 2. The maximum absolute atomic E-state index is 13.3. The number of alkyl halides is 3. The highest BCUT2D eigenvalue weighted by molar-refractivity contribution is 7.99. The summed E-state index contributed by atoms with van der Waals surface area (Å²) < 4.78 is 41.2. The Morgan fingerprint density at radius 1 is 1.09 bits per heavy atom. The van der Waals surface area contributed by atoms with Gasteiger partial charge < -0.3 is 20.3 Å². The molecule has 0 radical (unpaired) electrons. The lowest BCUT2D eigenvalue weighted by atomic mass is 9.91. The van der Waals surface area contributed by atoms with E-state index in [1.54, 1.807) is 30.0 Å². The van der Waals surface area contributed by atoms with E-state index in [0.717, 1.165) is 30.1 Å². The molecule has 240 valence electrons. The number of piperazine rings is 1. The summed E-state index contributed by atoms with van der Waals surface area (Å²) in [5, 5.41) is 44.6. The second-order valence-electron chi connectivity index (χ2n) is 10.6. The number of rotatable bonds is 10. The fourth-order valence-corrected chi connectivity index (χ4v) is 6.27. The van der Waals surface area contributed by atoms with Gasteiger partial charge in [0.05, 0.1) is 39.6 Å². The largest absolute Gasteiger partial charge is 0.465 e. The molecule has 4 rings (SSSR count). The third-order valence-electron chi connectivity index (χ3n) is 7.15. The predicted octanol–water partition coefficient (Wildman–Crippen LogP) is 5.60. The van der Waals surface area contributed by atoms with Crippen molar-refractivity contribution in [2.24, 2.45) is 0 Å². The van der Waals surface area contributed by atoms with Crippen LogP contribution in [-0.4, -0.2) is 76.8 Å². The van der Waals surface area contributed by atoms with E-state index in [4.69, 9.17) is 0 Å². The Balaban J connectivity index is 1.68. The topological polar surface area (TPSA) is 168 Å². The number of carboxylic acid groups (broad SMARTS) is 1. The molecule has 0 spiro atoms. The summed E-state index contributed by atoms with van der Waals surface area (Å²) >= 11 is 0.813. The number of hydrogen-bond donors (Lipinski definition) is 2. The molecule has 3 aromatic rings. The van der Waals surface area contributed by atoms with Crippen molar-refractivity contribution < 1.29 is 38.0 Å². The molecule has 1 aromatic heterocycles. The number of nitro benzene ring substituents is 1. The van der Waals surface area contributed by atoms with Gasteiger partial charge >= 0.3 is 18.1 Å². The third kappa shape index (κ3) is 7.79. The van der Waals surface area contributed by atoms with E-state index in [1.165, 1.54) is 46.7 Å². The van der Waals surface area contributed by atoms with Crippen LogP contribution in [0.4, 0.5) is 29.5 Å². The first-order chi connectivity index (χ1) is 21.1. The minimum atomic E-state index is -4.58. The number of carbonyl (C=O) groups is 1. The fourth-order valence-electron chi connectivity index (χ4n) is 5.31. The highest BCUT2D eigenvalue weighted by atomic mass is 32.2. The lowest BCUT2D eigenvalue weighted by Crippen LogP contribution is -2.58. The maximum atomic E-state index is 13.3. The summed E-state index contributed by atoms with van der Waals surface area (Å²) in [6.07, 6.45) is -1.44. The molecule has 17 heteroatoms. The van der Waals surface area contributed by atoms with E-state index in [-0.39, 0.29) is 41.9 Å². The number of allylic oxidation sites excluding steroid dienone is 1. The van der Waals surface area contributed by atoms with Gasteiger partial charge in [0.1, 0.15) is 6.20 Å². The summed E-state index contributed by atoms with van der Waals surface area (Å²) in [5.41, 5.74) is -2.37. The minimum Gasteiger partial charge on any atom is -0.465 e. The molecule has 0 bridgehead atoms. The molecule has 1 amide bonds. The summed E-state index contributed by atoms with van der Waals surface area (Å²) in [5.74, 6) is -0.544. The number of hydrogen-bond acceptors (Lipinski definition) is 9. The van der Waals surface area contributed by atoms with Gasteiger partial charge in [0.2, 0.25) is 0 Å². The van der Waals surface area contributed by atoms with E-state index in [2.05, 4.69) is 4.98 Å². The number of aromatic nitrogens is 2. The standard InChI is InChI=1S/C28H29F3N6O7S/c1-3-6-21-24(18-9-11-19(12-10-18)28(29,30)31)33(13-14-35(21)26(38)39)16-27(2,40)17-34-15-23(37(43)44)32-25(34)45-22-8-5-4-7-20(22)36(41)42/h3-12,15,21,24,40H,13-14,16-17H2,1-2H3,(H,38,39). The van der Waals surface area contributed by atoms with Crippen LogP contribution in [0.5, 0.6) is 0 Å². The van der Waals surface area contributed by atoms with Gasteiger partial charge in [-0.1, -0.05) is 36.4 Å². The Bertz CT molecular complexity index is 1600.